The Hall–Kier alpha value is -4.69. The van der Waals surface area contributed by atoms with Crippen molar-refractivity contribution in [2.45, 2.75) is 19.5 Å². The molecule has 234 valence electrons. The van der Waals surface area contributed by atoms with Crippen LogP contribution < -0.4 is 24.8 Å². The fourth-order valence-electron chi connectivity index (χ4n) is 3.90. The van der Waals surface area contributed by atoms with Crippen molar-refractivity contribution in [3.63, 3.8) is 0 Å². The second-order valence-electron chi connectivity index (χ2n) is 9.13. The highest BCUT2D eigenvalue weighted by Crippen LogP contribution is 2.37. The molecule has 3 aromatic carbocycles. The maximum atomic E-state index is 13.5. The van der Waals surface area contributed by atoms with Crippen molar-refractivity contribution in [2.75, 3.05) is 50.8 Å². The molecule has 4 rings (SSSR count). The van der Waals surface area contributed by atoms with E-state index in [-0.39, 0.29) is 18.2 Å². The Morgan fingerprint density at radius 2 is 1.57 bits per heavy atom. The van der Waals surface area contributed by atoms with E-state index < -0.39 is 23.6 Å². The lowest BCUT2D eigenvalue weighted by Gasteiger charge is -2.15. The molecule has 0 bridgehead atoms. The van der Waals surface area contributed by atoms with Crippen LogP contribution in [-0.2, 0) is 15.7 Å². The average molecular weight is 619 g/mol. The molecule has 14 heteroatoms. The van der Waals surface area contributed by atoms with Gasteiger partial charge in [0, 0.05) is 44.2 Å². The molecule has 1 heterocycles. The van der Waals surface area contributed by atoms with Gasteiger partial charge in [-0.1, -0.05) is 0 Å². The lowest BCUT2D eigenvalue weighted by atomic mass is 10.2. The zero-order chi connectivity index (χ0) is 31.5. The van der Waals surface area contributed by atoms with Gasteiger partial charge < -0.3 is 34.3 Å². The molecule has 0 fully saturated rings. The molecule has 2 amide bonds. The summed E-state index contributed by atoms with van der Waals surface area (Å²) < 4.78 is 80.7. The molecule has 4 aromatic rings. The number of ether oxygens (including phenoxy) is 5. The molecule has 0 aliphatic carbocycles. The first-order valence-electron chi connectivity index (χ1n) is 13.5. The van der Waals surface area contributed by atoms with E-state index in [0.717, 1.165) is 6.07 Å². The minimum Gasteiger partial charge on any atom is -0.490 e. The smallest absolute Gasteiger partial charge is 0.419 e. The fraction of sp³-hybridized carbons (Fsp3) is 0.300. The minimum atomic E-state index is -4.90. The van der Waals surface area contributed by atoms with E-state index in [4.69, 9.17) is 23.7 Å². The summed E-state index contributed by atoms with van der Waals surface area (Å²) in [6, 6.07) is 11.0. The van der Waals surface area contributed by atoms with Gasteiger partial charge in [0.25, 0.3) is 0 Å². The molecule has 1 aromatic heterocycles. The lowest BCUT2D eigenvalue weighted by molar-refractivity contribution is -0.139. The van der Waals surface area contributed by atoms with Crippen molar-refractivity contribution < 1.29 is 46.0 Å². The van der Waals surface area contributed by atoms with E-state index in [1.54, 1.807) is 31.4 Å². The molecule has 2 N–H and O–H groups in total. The van der Waals surface area contributed by atoms with Gasteiger partial charge in [-0.15, -0.1) is 0 Å². The number of aromatic nitrogens is 2. The zero-order valence-electron chi connectivity index (χ0n) is 23.9. The van der Waals surface area contributed by atoms with Crippen molar-refractivity contribution in [3.05, 3.63) is 72.3 Å². The first-order valence-corrected chi connectivity index (χ1v) is 13.5. The van der Waals surface area contributed by atoms with E-state index in [0.29, 0.717) is 78.8 Å². The van der Waals surface area contributed by atoms with E-state index in [9.17, 15) is 22.4 Å². The first kappa shape index (κ1) is 32.2. The third-order valence-corrected chi connectivity index (χ3v) is 5.96. The average Bonchev–Trinajstić information content (AvgIpc) is 2.99. The molecule has 44 heavy (non-hydrogen) atoms. The Morgan fingerprint density at radius 3 is 2.30 bits per heavy atom. The maximum absolute atomic E-state index is 13.5. The number of anilines is 2. The Bertz CT molecular complexity index is 1550. The molecule has 0 radical (unpaired) electrons. The largest absolute Gasteiger partial charge is 0.490 e. The summed E-state index contributed by atoms with van der Waals surface area (Å²) in [6.07, 6.45) is -2.86. The molecule has 0 aliphatic heterocycles. The number of nitrogens with one attached hydrogen (secondary N) is 2. The number of nitrogens with zero attached hydrogens (tertiary/aromatic N) is 2. The van der Waals surface area contributed by atoms with Crippen molar-refractivity contribution in [2.24, 2.45) is 0 Å². The van der Waals surface area contributed by atoms with E-state index >= 15 is 0 Å². The van der Waals surface area contributed by atoms with Crippen molar-refractivity contribution in [1.82, 2.24) is 9.97 Å². The molecular formula is C30H30F4N4O6. The molecule has 0 atom stereocenters. The van der Waals surface area contributed by atoms with Crippen LogP contribution >= 0.6 is 0 Å². The second kappa shape index (κ2) is 15.2. The fourth-order valence-corrected chi connectivity index (χ4v) is 3.90. The molecule has 0 spiro atoms. The lowest BCUT2D eigenvalue weighted by Crippen LogP contribution is -2.20. The number of alkyl halides is 3. The molecule has 0 saturated heterocycles. The molecule has 0 unspecified atom stereocenters. The summed E-state index contributed by atoms with van der Waals surface area (Å²) in [5.74, 6) is 0.137. The van der Waals surface area contributed by atoms with Crippen LogP contribution in [-0.4, -0.2) is 56.1 Å². The normalized spacial score (nSPS) is 11.3. The van der Waals surface area contributed by atoms with Crippen LogP contribution in [0.25, 0.3) is 10.9 Å². The Kier molecular flexibility index (Phi) is 11.1. The van der Waals surface area contributed by atoms with Gasteiger partial charge in [0.05, 0.1) is 29.7 Å². The van der Waals surface area contributed by atoms with E-state index in [1.165, 1.54) is 18.5 Å². The Morgan fingerprint density at radius 1 is 0.864 bits per heavy atom. The van der Waals surface area contributed by atoms with Crippen LogP contribution in [0, 0.1) is 5.82 Å². The number of hydrogen-bond donors (Lipinski definition) is 2. The number of fused-ring (bicyclic) bond motifs is 1. The summed E-state index contributed by atoms with van der Waals surface area (Å²) in [7, 11) is 1.57. The van der Waals surface area contributed by atoms with Crippen LogP contribution in [0.1, 0.15) is 18.9 Å². The molecule has 0 saturated carbocycles. The van der Waals surface area contributed by atoms with Gasteiger partial charge in [-0.05, 0) is 55.5 Å². The summed E-state index contributed by atoms with van der Waals surface area (Å²) in [4.78, 5) is 20.9. The number of carbonyl (C=O) groups is 1. The number of amides is 2. The number of methoxy groups -OCH3 is 1. The van der Waals surface area contributed by atoms with Gasteiger partial charge in [0.2, 0.25) is 5.88 Å². The number of carbonyl (C=O) groups excluding carboxylic acids is 1. The van der Waals surface area contributed by atoms with Crippen LogP contribution in [0.5, 0.6) is 23.1 Å². The quantitative estimate of drug-likeness (QED) is 0.114. The Balaban J connectivity index is 1.45. The van der Waals surface area contributed by atoms with Gasteiger partial charge in [-0.3, -0.25) is 0 Å². The SMILES string of the molecule is CCOCCCOc1cc2ncnc(Oc3ccc(NC(=O)Nc4ccc(F)c(C(F)(F)F)c4)cc3)c2cc1OCCOC. The molecule has 10 nitrogen and oxygen atoms in total. The number of hydrogen-bond acceptors (Lipinski definition) is 8. The van der Waals surface area contributed by atoms with Crippen LogP contribution in [0.4, 0.5) is 33.7 Å². The third kappa shape index (κ3) is 8.91. The van der Waals surface area contributed by atoms with Gasteiger partial charge >= 0.3 is 12.2 Å². The van der Waals surface area contributed by atoms with Crippen LogP contribution in [0.2, 0.25) is 0 Å². The Labute approximate surface area is 250 Å². The number of halogens is 4. The van der Waals surface area contributed by atoms with Crippen molar-refractivity contribution >= 4 is 28.3 Å². The number of rotatable bonds is 14. The standard InChI is InChI=1S/C30H30F4N4O6/c1-3-41-11-4-12-42-27-17-25-22(16-26(27)43-14-13-40-2)28(36-18-35-25)44-21-8-5-19(6-9-21)37-29(39)38-20-7-10-24(31)23(15-20)30(32,33)34/h5-10,15-18H,3-4,11-14H2,1-2H3,(H2,37,38,39). The topological polar surface area (TPSA) is 113 Å². The van der Waals surface area contributed by atoms with Gasteiger partial charge in [0.15, 0.2) is 11.5 Å². The summed E-state index contributed by atoms with van der Waals surface area (Å²) in [5, 5.41) is 5.30. The minimum absolute atomic E-state index is 0.226. The number of benzene rings is 3. The van der Waals surface area contributed by atoms with Crippen LogP contribution in [0.15, 0.2) is 60.9 Å². The highest BCUT2D eigenvalue weighted by Gasteiger charge is 2.34. The molecular weight excluding hydrogens is 588 g/mol. The van der Waals surface area contributed by atoms with E-state index in [1.807, 2.05) is 6.92 Å². The van der Waals surface area contributed by atoms with Gasteiger partial charge in [-0.2, -0.15) is 13.2 Å². The number of urea groups is 1. The van der Waals surface area contributed by atoms with Crippen LogP contribution in [0.3, 0.4) is 0 Å². The van der Waals surface area contributed by atoms with Crippen molar-refractivity contribution in [1.29, 1.82) is 0 Å². The van der Waals surface area contributed by atoms with Gasteiger partial charge in [0.1, 0.15) is 24.5 Å². The summed E-state index contributed by atoms with van der Waals surface area (Å²) in [6.45, 7) is 4.19. The maximum Gasteiger partial charge on any atom is 0.419 e. The molecule has 0 aliphatic rings. The summed E-state index contributed by atoms with van der Waals surface area (Å²) in [5.41, 5.74) is -0.834. The van der Waals surface area contributed by atoms with Crippen molar-refractivity contribution in [3.8, 4) is 23.1 Å². The third-order valence-electron chi connectivity index (χ3n) is 5.96. The van der Waals surface area contributed by atoms with Gasteiger partial charge in [-0.25, -0.2) is 19.2 Å². The highest BCUT2D eigenvalue weighted by atomic mass is 19.4. The monoisotopic (exact) mass is 618 g/mol. The first-order chi connectivity index (χ1) is 21.2. The highest BCUT2D eigenvalue weighted by molar-refractivity contribution is 5.99. The zero-order valence-corrected chi connectivity index (χ0v) is 23.9. The second-order valence-corrected chi connectivity index (χ2v) is 9.13. The van der Waals surface area contributed by atoms with E-state index in [2.05, 4.69) is 20.6 Å². The predicted molar refractivity (Wildman–Crippen MR) is 154 cm³/mol. The predicted octanol–water partition coefficient (Wildman–Crippen LogP) is 7.05. The summed E-state index contributed by atoms with van der Waals surface area (Å²) >= 11 is 0.